The molecule has 1 atom stereocenters. The summed E-state index contributed by atoms with van der Waals surface area (Å²) in [5.74, 6) is 0. The van der Waals surface area contributed by atoms with E-state index in [1.54, 1.807) is 7.11 Å². The fourth-order valence-electron chi connectivity index (χ4n) is 2.13. The average Bonchev–Trinajstić information content (AvgIpc) is 2.38. The second-order valence-corrected chi connectivity index (χ2v) is 5.68. The standard InChI is InChI=1S/C14H30N2O2/c1-5-7-15-11-13-12-18-10-9-16(13)8-6-14(2,3)17-4/h13,15H,5-12H2,1-4H3. The Bertz CT molecular complexity index is 222. The number of methoxy groups -OCH3 is 1. The van der Waals surface area contributed by atoms with Crippen LogP contribution in [-0.2, 0) is 9.47 Å². The summed E-state index contributed by atoms with van der Waals surface area (Å²) in [5, 5.41) is 3.49. The first-order valence-electron chi connectivity index (χ1n) is 7.16. The van der Waals surface area contributed by atoms with E-state index in [4.69, 9.17) is 9.47 Å². The highest BCUT2D eigenvalue weighted by Gasteiger charge is 2.25. The van der Waals surface area contributed by atoms with Gasteiger partial charge in [-0.15, -0.1) is 0 Å². The van der Waals surface area contributed by atoms with Crippen LogP contribution in [-0.4, -0.2) is 63.0 Å². The first kappa shape index (κ1) is 15.9. The number of nitrogens with one attached hydrogen (secondary N) is 1. The molecule has 1 N–H and O–H groups in total. The van der Waals surface area contributed by atoms with E-state index in [0.29, 0.717) is 6.04 Å². The van der Waals surface area contributed by atoms with Crippen molar-refractivity contribution >= 4 is 0 Å². The molecule has 4 heteroatoms. The van der Waals surface area contributed by atoms with Crippen LogP contribution in [0.15, 0.2) is 0 Å². The van der Waals surface area contributed by atoms with Crippen molar-refractivity contribution in [2.45, 2.75) is 45.3 Å². The Morgan fingerprint density at radius 1 is 1.44 bits per heavy atom. The van der Waals surface area contributed by atoms with Gasteiger partial charge in [-0.1, -0.05) is 6.92 Å². The molecule has 1 unspecified atom stereocenters. The Labute approximate surface area is 112 Å². The SMILES string of the molecule is CCCNCC1COCCN1CCC(C)(C)OC. The van der Waals surface area contributed by atoms with Crippen molar-refractivity contribution in [1.29, 1.82) is 0 Å². The van der Waals surface area contributed by atoms with Crippen molar-refractivity contribution < 1.29 is 9.47 Å². The van der Waals surface area contributed by atoms with E-state index in [2.05, 4.69) is 31.0 Å². The molecule has 108 valence electrons. The third kappa shape index (κ3) is 5.65. The normalized spacial score (nSPS) is 22.3. The summed E-state index contributed by atoms with van der Waals surface area (Å²) in [4.78, 5) is 2.53. The minimum Gasteiger partial charge on any atom is -0.379 e. The molecule has 0 bridgehead atoms. The van der Waals surface area contributed by atoms with Gasteiger partial charge in [0.05, 0.1) is 18.8 Å². The summed E-state index contributed by atoms with van der Waals surface area (Å²) in [7, 11) is 1.79. The van der Waals surface area contributed by atoms with Crippen LogP contribution < -0.4 is 5.32 Å². The monoisotopic (exact) mass is 258 g/mol. The van der Waals surface area contributed by atoms with Crippen molar-refractivity contribution in [3.05, 3.63) is 0 Å². The van der Waals surface area contributed by atoms with E-state index in [0.717, 1.165) is 45.8 Å². The molecule has 18 heavy (non-hydrogen) atoms. The Hall–Kier alpha value is -0.160. The summed E-state index contributed by atoms with van der Waals surface area (Å²) >= 11 is 0. The lowest BCUT2D eigenvalue weighted by Gasteiger charge is -2.37. The maximum absolute atomic E-state index is 5.59. The average molecular weight is 258 g/mol. The number of rotatable bonds is 8. The quantitative estimate of drug-likeness (QED) is 0.669. The molecule has 0 radical (unpaired) electrons. The highest BCUT2D eigenvalue weighted by atomic mass is 16.5. The molecule has 0 spiro atoms. The molecule has 1 heterocycles. The minimum atomic E-state index is -0.0281. The molecule has 4 nitrogen and oxygen atoms in total. The van der Waals surface area contributed by atoms with Crippen LogP contribution in [0.1, 0.15) is 33.6 Å². The van der Waals surface area contributed by atoms with Crippen LogP contribution in [0.3, 0.4) is 0 Å². The molecule has 0 aromatic rings. The minimum absolute atomic E-state index is 0.0281. The lowest BCUT2D eigenvalue weighted by Crippen LogP contribution is -2.51. The number of ether oxygens (including phenoxy) is 2. The van der Waals surface area contributed by atoms with Crippen LogP contribution in [0.5, 0.6) is 0 Å². The Kier molecular flexibility index (Phi) is 7.15. The van der Waals surface area contributed by atoms with Crippen molar-refractivity contribution in [1.82, 2.24) is 10.2 Å². The van der Waals surface area contributed by atoms with Crippen LogP contribution in [0, 0.1) is 0 Å². The van der Waals surface area contributed by atoms with Gasteiger partial charge in [0, 0.05) is 32.8 Å². The molecule has 1 aliphatic rings. The second-order valence-electron chi connectivity index (χ2n) is 5.68. The molecule has 1 aliphatic heterocycles. The van der Waals surface area contributed by atoms with Gasteiger partial charge in [-0.05, 0) is 33.2 Å². The lowest BCUT2D eigenvalue weighted by molar-refractivity contribution is -0.0316. The second kappa shape index (κ2) is 8.10. The third-order valence-corrected chi connectivity index (χ3v) is 3.71. The maximum atomic E-state index is 5.59. The van der Waals surface area contributed by atoms with Gasteiger partial charge < -0.3 is 14.8 Å². The molecule has 1 fully saturated rings. The number of hydrogen-bond donors (Lipinski definition) is 1. The first-order chi connectivity index (χ1) is 8.59. The number of nitrogens with zero attached hydrogens (tertiary/aromatic N) is 1. The highest BCUT2D eigenvalue weighted by Crippen LogP contribution is 2.16. The van der Waals surface area contributed by atoms with E-state index in [9.17, 15) is 0 Å². The molecule has 1 rings (SSSR count). The van der Waals surface area contributed by atoms with E-state index in [1.807, 2.05) is 0 Å². The van der Waals surface area contributed by atoms with Crippen LogP contribution in [0.4, 0.5) is 0 Å². The van der Waals surface area contributed by atoms with Crippen LogP contribution >= 0.6 is 0 Å². The zero-order chi connectivity index (χ0) is 13.4. The van der Waals surface area contributed by atoms with E-state index < -0.39 is 0 Å². The third-order valence-electron chi connectivity index (χ3n) is 3.71. The topological polar surface area (TPSA) is 33.7 Å². The first-order valence-corrected chi connectivity index (χ1v) is 7.16. The molecule has 0 aromatic heterocycles. The Morgan fingerprint density at radius 3 is 2.89 bits per heavy atom. The molecule has 1 saturated heterocycles. The summed E-state index contributed by atoms with van der Waals surface area (Å²) in [6.07, 6.45) is 2.25. The lowest BCUT2D eigenvalue weighted by atomic mass is 10.0. The Morgan fingerprint density at radius 2 is 2.22 bits per heavy atom. The fourth-order valence-corrected chi connectivity index (χ4v) is 2.13. The molecule has 0 aromatic carbocycles. The zero-order valence-corrected chi connectivity index (χ0v) is 12.5. The fraction of sp³-hybridized carbons (Fsp3) is 1.00. The van der Waals surface area contributed by atoms with Gasteiger partial charge in [-0.25, -0.2) is 0 Å². The predicted octanol–water partition coefficient (Wildman–Crippen LogP) is 1.50. The zero-order valence-electron chi connectivity index (χ0n) is 12.5. The number of hydrogen-bond acceptors (Lipinski definition) is 4. The van der Waals surface area contributed by atoms with Crippen LogP contribution in [0.2, 0.25) is 0 Å². The molecule has 0 aliphatic carbocycles. The smallest absolute Gasteiger partial charge is 0.0634 e. The van der Waals surface area contributed by atoms with Gasteiger partial charge in [0.2, 0.25) is 0 Å². The molecule has 0 saturated carbocycles. The van der Waals surface area contributed by atoms with Gasteiger partial charge >= 0.3 is 0 Å². The molecular formula is C14H30N2O2. The largest absolute Gasteiger partial charge is 0.379 e. The van der Waals surface area contributed by atoms with Gasteiger partial charge in [0.1, 0.15) is 0 Å². The van der Waals surface area contributed by atoms with E-state index >= 15 is 0 Å². The van der Waals surface area contributed by atoms with Crippen LogP contribution in [0.25, 0.3) is 0 Å². The molecule has 0 amide bonds. The molecular weight excluding hydrogens is 228 g/mol. The van der Waals surface area contributed by atoms with Gasteiger partial charge in [-0.2, -0.15) is 0 Å². The van der Waals surface area contributed by atoms with Crippen molar-refractivity contribution in [2.24, 2.45) is 0 Å². The van der Waals surface area contributed by atoms with Gasteiger partial charge in [0.15, 0.2) is 0 Å². The summed E-state index contributed by atoms with van der Waals surface area (Å²) < 4.78 is 11.1. The van der Waals surface area contributed by atoms with Crippen molar-refractivity contribution in [2.75, 3.05) is 46.5 Å². The predicted molar refractivity (Wildman–Crippen MR) is 75.0 cm³/mol. The van der Waals surface area contributed by atoms with Crippen molar-refractivity contribution in [3.63, 3.8) is 0 Å². The van der Waals surface area contributed by atoms with E-state index in [-0.39, 0.29) is 5.60 Å². The highest BCUT2D eigenvalue weighted by molar-refractivity contribution is 4.80. The summed E-state index contributed by atoms with van der Waals surface area (Å²) in [5.41, 5.74) is -0.0281. The summed E-state index contributed by atoms with van der Waals surface area (Å²) in [6.45, 7) is 12.5. The van der Waals surface area contributed by atoms with E-state index in [1.165, 1.54) is 6.42 Å². The van der Waals surface area contributed by atoms with Gasteiger partial charge in [-0.3, -0.25) is 4.90 Å². The number of morpholine rings is 1. The van der Waals surface area contributed by atoms with Gasteiger partial charge in [0.25, 0.3) is 0 Å². The van der Waals surface area contributed by atoms with Crippen molar-refractivity contribution in [3.8, 4) is 0 Å². The summed E-state index contributed by atoms with van der Waals surface area (Å²) in [6, 6.07) is 0.512. The maximum Gasteiger partial charge on any atom is 0.0634 e. The Balaban J connectivity index is 2.34.